The molecule has 2 heterocycles. The van der Waals surface area contributed by atoms with E-state index in [2.05, 4.69) is 11.9 Å². The average Bonchev–Trinajstić information content (AvgIpc) is 2.56. The van der Waals surface area contributed by atoms with Crippen LogP contribution in [0.2, 0.25) is 0 Å². The van der Waals surface area contributed by atoms with Crippen molar-refractivity contribution in [3.63, 3.8) is 0 Å². The zero-order chi connectivity index (χ0) is 15.8. The SMILES string of the molecule is CCCCCCCCC1OCc2c(CCl)cnc(CCl)c2O1. The maximum atomic E-state index is 6.00. The molecule has 5 heteroatoms. The Hall–Kier alpha value is -0.510. The number of aromatic nitrogens is 1. The Kier molecular flexibility index (Phi) is 7.77. The van der Waals surface area contributed by atoms with Crippen molar-refractivity contribution < 1.29 is 9.47 Å². The second-order valence-corrected chi connectivity index (χ2v) is 6.25. The standard InChI is InChI=1S/C17H25Cl2NO2/c1-2-3-4-5-6-7-8-16-21-12-14-13(9-18)11-20-15(10-19)17(14)22-16/h11,16H,2-10,12H2,1H3. The average molecular weight is 346 g/mol. The fourth-order valence-electron chi connectivity index (χ4n) is 2.70. The van der Waals surface area contributed by atoms with Crippen LogP contribution in [0.25, 0.3) is 0 Å². The summed E-state index contributed by atoms with van der Waals surface area (Å²) in [5.41, 5.74) is 2.74. The van der Waals surface area contributed by atoms with Gasteiger partial charge in [0.25, 0.3) is 0 Å². The Labute approximate surface area is 143 Å². The third-order valence-corrected chi connectivity index (χ3v) is 4.57. The molecule has 0 spiro atoms. The van der Waals surface area contributed by atoms with Crippen molar-refractivity contribution in [1.82, 2.24) is 4.98 Å². The molecule has 3 nitrogen and oxygen atoms in total. The number of alkyl halides is 2. The monoisotopic (exact) mass is 345 g/mol. The molecule has 0 saturated heterocycles. The van der Waals surface area contributed by atoms with Crippen molar-refractivity contribution in [1.29, 1.82) is 0 Å². The second-order valence-electron chi connectivity index (χ2n) is 5.72. The predicted molar refractivity (Wildman–Crippen MR) is 90.5 cm³/mol. The lowest BCUT2D eigenvalue weighted by atomic mass is 10.1. The molecule has 1 aliphatic heterocycles. The summed E-state index contributed by atoms with van der Waals surface area (Å²) in [5, 5.41) is 0. The number of pyridine rings is 1. The first kappa shape index (κ1) is 17.8. The first-order chi connectivity index (χ1) is 10.8. The van der Waals surface area contributed by atoms with Gasteiger partial charge in [-0.15, -0.1) is 23.2 Å². The number of hydrogen-bond donors (Lipinski definition) is 0. The molecule has 1 unspecified atom stereocenters. The molecular weight excluding hydrogens is 321 g/mol. The van der Waals surface area contributed by atoms with E-state index in [-0.39, 0.29) is 6.29 Å². The third kappa shape index (κ3) is 4.74. The van der Waals surface area contributed by atoms with Gasteiger partial charge in [-0.2, -0.15) is 0 Å². The van der Waals surface area contributed by atoms with Crippen LogP contribution in [0, 0.1) is 0 Å². The number of halogens is 2. The van der Waals surface area contributed by atoms with Crippen LogP contribution in [0.3, 0.4) is 0 Å². The lowest BCUT2D eigenvalue weighted by Gasteiger charge is -2.28. The number of nitrogens with zero attached hydrogens (tertiary/aromatic N) is 1. The van der Waals surface area contributed by atoms with Gasteiger partial charge in [0.15, 0.2) is 12.0 Å². The van der Waals surface area contributed by atoms with Crippen LogP contribution in [-0.4, -0.2) is 11.3 Å². The first-order valence-electron chi connectivity index (χ1n) is 8.20. The van der Waals surface area contributed by atoms with Gasteiger partial charge in [0.05, 0.1) is 18.2 Å². The van der Waals surface area contributed by atoms with Gasteiger partial charge < -0.3 is 9.47 Å². The van der Waals surface area contributed by atoms with Gasteiger partial charge in [0, 0.05) is 24.1 Å². The van der Waals surface area contributed by atoms with E-state index in [1.807, 2.05) is 0 Å². The molecule has 0 radical (unpaired) electrons. The van der Waals surface area contributed by atoms with Crippen LogP contribution < -0.4 is 4.74 Å². The Morgan fingerprint density at radius 1 is 1.14 bits per heavy atom. The summed E-state index contributed by atoms with van der Waals surface area (Å²) in [6.45, 7) is 2.77. The fraction of sp³-hybridized carbons (Fsp3) is 0.706. The number of ether oxygens (including phenoxy) is 2. The summed E-state index contributed by atoms with van der Waals surface area (Å²) < 4.78 is 11.8. The van der Waals surface area contributed by atoms with E-state index in [0.717, 1.165) is 35.4 Å². The quantitative estimate of drug-likeness (QED) is 0.434. The van der Waals surface area contributed by atoms with Crippen LogP contribution in [0.15, 0.2) is 6.20 Å². The highest BCUT2D eigenvalue weighted by atomic mass is 35.5. The zero-order valence-electron chi connectivity index (χ0n) is 13.2. The van der Waals surface area contributed by atoms with Crippen LogP contribution in [0.5, 0.6) is 5.75 Å². The first-order valence-corrected chi connectivity index (χ1v) is 9.26. The van der Waals surface area contributed by atoms with Crippen molar-refractivity contribution in [2.45, 2.75) is 76.5 Å². The van der Waals surface area contributed by atoms with Gasteiger partial charge in [0.2, 0.25) is 0 Å². The van der Waals surface area contributed by atoms with Gasteiger partial charge in [-0.3, -0.25) is 4.98 Å². The molecule has 0 aromatic carbocycles. The number of fused-ring (bicyclic) bond motifs is 1. The highest BCUT2D eigenvalue weighted by molar-refractivity contribution is 6.17. The predicted octanol–water partition coefficient (Wildman–Crippen LogP) is 5.54. The molecule has 0 N–H and O–H groups in total. The van der Waals surface area contributed by atoms with E-state index in [9.17, 15) is 0 Å². The maximum absolute atomic E-state index is 6.00. The number of rotatable bonds is 9. The summed E-state index contributed by atoms with van der Waals surface area (Å²) in [7, 11) is 0. The molecular formula is C17H25Cl2NO2. The molecule has 1 aliphatic rings. The van der Waals surface area contributed by atoms with E-state index < -0.39 is 0 Å². The van der Waals surface area contributed by atoms with Gasteiger partial charge in [-0.1, -0.05) is 39.0 Å². The molecule has 0 aliphatic carbocycles. The second kappa shape index (κ2) is 9.59. The summed E-state index contributed by atoms with van der Waals surface area (Å²) in [6, 6.07) is 0. The number of unbranched alkanes of at least 4 members (excludes halogenated alkanes) is 5. The van der Waals surface area contributed by atoms with Crippen LogP contribution >= 0.6 is 23.2 Å². The Morgan fingerprint density at radius 3 is 2.64 bits per heavy atom. The fourth-order valence-corrected chi connectivity index (χ4v) is 3.12. The Morgan fingerprint density at radius 2 is 1.91 bits per heavy atom. The number of hydrogen-bond acceptors (Lipinski definition) is 3. The molecule has 0 bridgehead atoms. The lowest BCUT2D eigenvalue weighted by molar-refractivity contribution is -0.113. The lowest BCUT2D eigenvalue weighted by Crippen LogP contribution is -2.27. The van der Waals surface area contributed by atoms with E-state index in [0.29, 0.717) is 18.4 Å². The van der Waals surface area contributed by atoms with Crippen LogP contribution in [0.1, 0.15) is 68.7 Å². The summed E-state index contributed by atoms with van der Waals surface area (Å²) in [6.07, 6.45) is 10.1. The third-order valence-electron chi connectivity index (χ3n) is 4.03. The van der Waals surface area contributed by atoms with Crippen molar-refractivity contribution in [2.75, 3.05) is 0 Å². The zero-order valence-corrected chi connectivity index (χ0v) is 14.8. The summed E-state index contributed by atoms with van der Waals surface area (Å²) in [5.74, 6) is 1.54. The molecule has 1 aromatic heterocycles. The van der Waals surface area contributed by atoms with Crippen LogP contribution in [0.4, 0.5) is 0 Å². The van der Waals surface area contributed by atoms with E-state index in [1.165, 1.54) is 32.1 Å². The van der Waals surface area contributed by atoms with Crippen molar-refractivity contribution in [2.24, 2.45) is 0 Å². The molecule has 2 rings (SSSR count). The molecule has 1 aromatic rings. The smallest absolute Gasteiger partial charge is 0.200 e. The molecule has 22 heavy (non-hydrogen) atoms. The van der Waals surface area contributed by atoms with E-state index >= 15 is 0 Å². The van der Waals surface area contributed by atoms with Crippen LogP contribution in [-0.2, 0) is 23.1 Å². The topological polar surface area (TPSA) is 31.4 Å². The molecule has 0 amide bonds. The Balaban J connectivity index is 1.88. The van der Waals surface area contributed by atoms with Gasteiger partial charge >= 0.3 is 0 Å². The highest BCUT2D eigenvalue weighted by Crippen LogP contribution is 2.34. The highest BCUT2D eigenvalue weighted by Gasteiger charge is 2.25. The van der Waals surface area contributed by atoms with E-state index in [4.69, 9.17) is 32.7 Å². The largest absolute Gasteiger partial charge is 0.463 e. The van der Waals surface area contributed by atoms with Crippen molar-refractivity contribution in [3.8, 4) is 5.75 Å². The minimum Gasteiger partial charge on any atom is -0.463 e. The normalized spacial score (nSPS) is 17.1. The van der Waals surface area contributed by atoms with Gasteiger partial charge in [0.1, 0.15) is 0 Å². The Bertz CT molecular complexity index is 468. The maximum Gasteiger partial charge on any atom is 0.200 e. The minimum atomic E-state index is -0.187. The summed E-state index contributed by atoms with van der Waals surface area (Å²) in [4.78, 5) is 4.35. The van der Waals surface area contributed by atoms with Crippen molar-refractivity contribution >= 4 is 23.2 Å². The van der Waals surface area contributed by atoms with Gasteiger partial charge in [-0.05, 0) is 12.0 Å². The minimum absolute atomic E-state index is 0.187. The van der Waals surface area contributed by atoms with E-state index in [1.54, 1.807) is 6.20 Å². The molecule has 1 atom stereocenters. The van der Waals surface area contributed by atoms with Crippen molar-refractivity contribution in [3.05, 3.63) is 23.0 Å². The summed E-state index contributed by atoms with van der Waals surface area (Å²) >= 11 is 11.9. The molecule has 0 fully saturated rings. The molecule has 124 valence electrons. The molecule has 0 saturated carbocycles. The van der Waals surface area contributed by atoms with Gasteiger partial charge in [-0.25, -0.2) is 0 Å².